The van der Waals surface area contributed by atoms with E-state index in [0.29, 0.717) is 6.04 Å². The number of aliphatic hydroxyl groups is 1. The number of hydrogen-bond donors (Lipinski definition) is 1. The van der Waals surface area contributed by atoms with E-state index < -0.39 is 0 Å². The first-order valence-electron chi connectivity index (χ1n) is 8.35. The van der Waals surface area contributed by atoms with Gasteiger partial charge in [0.15, 0.2) is 0 Å². The van der Waals surface area contributed by atoms with Gasteiger partial charge < -0.3 is 10.0 Å². The molecule has 0 aromatic carbocycles. The summed E-state index contributed by atoms with van der Waals surface area (Å²) in [4.78, 5) is 7.06. The average molecular weight is 307 g/mol. The number of nitrogens with zero attached hydrogens (tertiary/aromatic N) is 5. The predicted molar refractivity (Wildman–Crippen MR) is 87.1 cm³/mol. The normalized spacial score (nSPS) is 23.6. The highest BCUT2D eigenvalue weighted by Gasteiger charge is 2.31. The van der Waals surface area contributed by atoms with Gasteiger partial charge in [0.25, 0.3) is 0 Å². The van der Waals surface area contributed by atoms with Gasteiger partial charge in [-0.3, -0.25) is 14.5 Å². The number of likely N-dealkylation sites (tertiary alicyclic amines) is 1. The molecule has 1 aromatic heterocycles. The number of aromatic nitrogens is 2. The van der Waals surface area contributed by atoms with Crippen molar-refractivity contribution in [2.24, 2.45) is 0 Å². The number of rotatable bonds is 5. The number of hydrogen-bond acceptors (Lipinski definition) is 5. The lowest BCUT2D eigenvalue weighted by molar-refractivity contribution is 0.0166. The van der Waals surface area contributed by atoms with Crippen LogP contribution in [0.1, 0.15) is 17.4 Å². The van der Waals surface area contributed by atoms with Crippen molar-refractivity contribution in [3.05, 3.63) is 17.5 Å². The summed E-state index contributed by atoms with van der Waals surface area (Å²) in [5, 5.41) is 14.9. The van der Waals surface area contributed by atoms with E-state index in [0.717, 1.165) is 58.1 Å². The minimum Gasteiger partial charge on any atom is -0.390 e. The molecule has 2 fully saturated rings. The zero-order valence-corrected chi connectivity index (χ0v) is 14.1. The fourth-order valence-electron chi connectivity index (χ4n) is 3.55. The summed E-state index contributed by atoms with van der Waals surface area (Å²) in [6.45, 7) is 12.1. The van der Waals surface area contributed by atoms with Crippen LogP contribution < -0.4 is 0 Å². The molecule has 22 heavy (non-hydrogen) atoms. The number of aliphatic hydroxyl groups excluding tert-OH is 1. The monoisotopic (exact) mass is 307 g/mol. The molecular formula is C16H29N5O. The smallest absolute Gasteiger partial charge is 0.0793 e. The molecule has 0 saturated carbocycles. The van der Waals surface area contributed by atoms with Gasteiger partial charge in [-0.25, -0.2) is 0 Å². The largest absolute Gasteiger partial charge is 0.390 e. The van der Waals surface area contributed by atoms with E-state index in [4.69, 9.17) is 0 Å². The van der Waals surface area contributed by atoms with Crippen LogP contribution in [0.25, 0.3) is 0 Å². The lowest BCUT2D eigenvalue weighted by Gasteiger charge is -2.41. The molecule has 2 aliphatic rings. The Morgan fingerprint density at radius 2 is 1.77 bits per heavy atom. The molecule has 124 valence electrons. The molecule has 2 aliphatic heterocycles. The third-order valence-corrected chi connectivity index (χ3v) is 4.86. The third kappa shape index (κ3) is 3.68. The minimum atomic E-state index is -0.246. The first-order chi connectivity index (χ1) is 10.5. The highest BCUT2D eigenvalue weighted by molar-refractivity contribution is 5.09. The van der Waals surface area contributed by atoms with Crippen molar-refractivity contribution in [2.75, 3.05) is 59.4 Å². The standard InChI is InChI=1S/C16H29N5O/c1-13-8-14(2)21(17-13)15-9-20(10-15)12-16(22)11-19-6-4-18(3)5-7-19/h8,15-16,22H,4-7,9-12H2,1-3H3. The summed E-state index contributed by atoms with van der Waals surface area (Å²) in [5.74, 6) is 0. The fraction of sp³-hybridized carbons (Fsp3) is 0.812. The van der Waals surface area contributed by atoms with Gasteiger partial charge in [-0.15, -0.1) is 0 Å². The van der Waals surface area contributed by atoms with Crippen molar-refractivity contribution in [1.82, 2.24) is 24.5 Å². The third-order valence-electron chi connectivity index (χ3n) is 4.86. The molecule has 2 saturated heterocycles. The molecule has 1 unspecified atom stereocenters. The van der Waals surface area contributed by atoms with Crippen molar-refractivity contribution < 1.29 is 5.11 Å². The minimum absolute atomic E-state index is 0.246. The molecule has 6 heteroatoms. The number of likely N-dealkylation sites (N-methyl/N-ethyl adjacent to an activating group) is 1. The Kier molecular flexibility index (Phi) is 4.82. The maximum Gasteiger partial charge on any atom is 0.0793 e. The Balaban J connectivity index is 1.39. The van der Waals surface area contributed by atoms with Crippen LogP contribution in [0.4, 0.5) is 0 Å². The van der Waals surface area contributed by atoms with E-state index in [2.05, 4.69) is 44.5 Å². The van der Waals surface area contributed by atoms with Gasteiger partial charge in [-0.2, -0.15) is 5.10 Å². The maximum atomic E-state index is 10.3. The Bertz CT molecular complexity index is 489. The van der Waals surface area contributed by atoms with Crippen LogP contribution >= 0.6 is 0 Å². The Hall–Kier alpha value is -0.950. The topological polar surface area (TPSA) is 47.8 Å². The molecule has 1 N–H and O–H groups in total. The molecule has 0 spiro atoms. The van der Waals surface area contributed by atoms with Gasteiger partial charge in [0.2, 0.25) is 0 Å². The second-order valence-electron chi connectivity index (χ2n) is 7.00. The van der Waals surface area contributed by atoms with Crippen LogP contribution in [0, 0.1) is 13.8 Å². The lowest BCUT2D eigenvalue weighted by Crippen LogP contribution is -2.53. The summed E-state index contributed by atoms with van der Waals surface area (Å²) in [6, 6.07) is 2.61. The quantitative estimate of drug-likeness (QED) is 0.827. The molecule has 1 aromatic rings. The SMILES string of the molecule is Cc1cc(C)n(C2CN(CC(O)CN3CCN(C)CC3)C2)n1. The highest BCUT2D eigenvalue weighted by atomic mass is 16.3. The van der Waals surface area contributed by atoms with Gasteiger partial charge in [0.05, 0.1) is 17.8 Å². The van der Waals surface area contributed by atoms with E-state index in [9.17, 15) is 5.11 Å². The molecule has 0 aliphatic carbocycles. The van der Waals surface area contributed by atoms with Gasteiger partial charge in [-0.1, -0.05) is 0 Å². The Morgan fingerprint density at radius 1 is 1.14 bits per heavy atom. The predicted octanol–water partition coefficient (Wildman–Crippen LogP) is -0.0351. The summed E-state index contributed by atoms with van der Waals surface area (Å²) in [5.41, 5.74) is 2.33. The number of piperazine rings is 1. The van der Waals surface area contributed by atoms with Crippen LogP contribution in [-0.2, 0) is 0 Å². The molecule has 0 amide bonds. The lowest BCUT2D eigenvalue weighted by atomic mass is 10.1. The molecule has 3 heterocycles. The van der Waals surface area contributed by atoms with E-state index in [1.807, 2.05) is 6.92 Å². The molecule has 1 atom stereocenters. The molecular weight excluding hydrogens is 278 g/mol. The molecule has 0 bridgehead atoms. The summed E-state index contributed by atoms with van der Waals surface area (Å²) < 4.78 is 2.14. The van der Waals surface area contributed by atoms with Crippen LogP contribution in [0.3, 0.4) is 0 Å². The first-order valence-corrected chi connectivity index (χ1v) is 8.35. The fourth-order valence-corrected chi connectivity index (χ4v) is 3.55. The number of aryl methyl sites for hydroxylation is 2. The van der Waals surface area contributed by atoms with E-state index >= 15 is 0 Å². The van der Waals surface area contributed by atoms with Crippen molar-refractivity contribution in [2.45, 2.75) is 26.0 Å². The van der Waals surface area contributed by atoms with Crippen LogP contribution in [0.2, 0.25) is 0 Å². The van der Waals surface area contributed by atoms with Crippen molar-refractivity contribution in [3.63, 3.8) is 0 Å². The van der Waals surface area contributed by atoms with Crippen LogP contribution in [0.15, 0.2) is 6.07 Å². The van der Waals surface area contributed by atoms with Gasteiger partial charge in [0.1, 0.15) is 0 Å². The van der Waals surface area contributed by atoms with Gasteiger partial charge in [0, 0.05) is 58.1 Å². The van der Waals surface area contributed by atoms with E-state index in [1.54, 1.807) is 0 Å². The summed E-state index contributed by atoms with van der Waals surface area (Å²) >= 11 is 0. The Labute approximate surface area is 133 Å². The van der Waals surface area contributed by atoms with Crippen molar-refractivity contribution >= 4 is 0 Å². The second-order valence-corrected chi connectivity index (χ2v) is 7.00. The molecule has 3 rings (SSSR count). The van der Waals surface area contributed by atoms with Crippen LogP contribution in [-0.4, -0.2) is 95.1 Å². The second kappa shape index (κ2) is 6.66. The summed E-state index contributed by atoms with van der Waals surface area (Å²) in [7, 11) is 2.16. The van der Waals surface area contributed by atoms with E-state index in [-0.39, 0.29) is 6.10 Å². The van der Waals surface area contributed by atoms with Crippen LogP contribution in [0.5, 0.6) is 0 Å². The van der Waals surface area contributed by atoms with Gasteiger partial charge >= 0.3 is 0 Å². The van der Waals surface area contributed by atoms with Crippen molar-refractivity contribution in [3.8, 4) is 0 Å². The highest BCUT2D eigenvalue weighted by Crippen LogP contribution is 2.22. The summed E-state index contributed by atoms with van der Waals surface area (Å²) in [6.07, 6.45) is -0.246. The molecule has 0 radical (unpaired) electrons. The molecule has 6 nitrogen and oxygen atoms in total. The zero-order valence-electron chi connectivity index (χ0n) is 14.1. The van der Waals surface area contributed by atoms with E-state index in [1.165, 1.54) is 5.69 Å². The van der Waals surface area contributed by atoms with Gasteiger partial charge in [-0.05, 0) is 27.0 Å². The number of β-amino-alcohol motifs (C(OH)–C–C–N with tert-alkyl or cyclic N) is 1. The average Bonchev–Trinajstić information content (AvgIpc) is 2.75. The maximum absolute atomic E-state index is 10.3. The first kappa shape index (κ1) is 15.9. The Morgan fingerprint density at radius 3 is 2.36 bits per heavy atom. The zero-order chi connectivity index (χ0) is 15.7. The van der Waals surface area contributed by atoms with Crippen molar-refractivity contribution in [1.29, 1.82) is 0 Å².